The van der Waals surface area contributed by atoms with Crippen molar-refractivity contribution in [3.05, 3.63) is 42.9 Å². The van der Waals surface area contributed by atoms with Crippen LogP contribution in [0, 0.1) is 5.92 Å². The lowest BCUT2D eigenvalue weighted by molar-refractivity contribution is -0.125. The minimum absolute atomic E-state index is 0.184. The average molecular weight is 371 g/mol. The zero-order valence-corrected chi connectivity index (χ0v) is 14.8. The maximum atomic E-state index is 12.3. The Labute approximate surface area is 154 Å². The van der Waals surface area contributed by atoms with Gasteiger partial charge in [-0.25, -0.2) is 13.8 Å². The predicted molar refractivity (Wildman–Crippen MR) is 98.5 cm³/mol. The number of aryl methyl sites for hydroxylation is 1. The summed E-state index contributed by atoms with van der Waals surface area (Å²) in [5.74, 6) is 0.00176. The Balaban J connectivity index is 1.47. The fourth-order valence-corrected chi connectivity index (χ4v) is 3.27. The number of aromatic nitrogens is 3. The number of alkyl halides is 2. The van der Waals surface area contributed by atoms with Crippen LogP contribution >= 0.6 is 0 Å². The van der Waals surface area contributed by atoms with Crippen molar-refractivity contribution < 1.29 is 13.6 Å². The second kappa shape index (κ2) is 7.03. The fraction of sp³-hybridized carbons (Fsp3) is 0.316. The highest BCUT2D eigenvalue weighted by atomic mass is 19.3. The van der Waals surface area contributed by atoms with Crippen molar-refractivity contribution in [3.8, 4) is 11.1 Å². The third-order valence-corrected chi connectivity index (χ3v) is 4.74. The lowest BCUT2D eigenvalue weighted by Crippen LogP contribution is -2.53. The van der Waals surface area contributed by atoms with Crippen LogP contribution in [0.2, 0.25) is 0 Å². The van der Waals surface area contributed by atoms with E-state index in [4.69, 9.17) is 0 Å². The van der Waals surface area contributed by atoms with Crippen LogP contribution in [0.15, 0.2) is 42.9 Å². The van der Waals surface area contributed by atoms with E-state index in [-0.39, 0.29) is 18.4 Å². The molecule has 1 aliphatic heterocycles. The second-order valence-corrected chi connectivity index (χ2v) is 6.83. The molecule has 1 N–H and O–H groups in total. The minimum atomic E-state index is -2.37. The van der Waals surface area contributed by atoms with Crippen LogP contribution in [0.25, 0.3) is 21.9 Å². The first-order valence-electron chi connectivity index (χ1n) is 8.68. The summed E-state index contributed by atoms with van der Waals surface area (Å²) in [5, 5.41) is 8.90. The zero-order chi connectivity index (χ0) is 19.0. The zero-order valence-electron chi connectivity index (χ0n) is 14.8. The molecule has 3 aromatic rings. The molecule has 6 nitrogen and oxygen atoms in total. The molecule has 0 unspecified atom stereocenters. The van der Waals surface area contributed by atoms with Gasteiger partial charge in [0.05, 0.1) is 18.7 Å². The van der Waals surface area contributed by atoms with E-state index < -0.39 is 6.43 Å². The van der Waals surface area contributed by atoms with Crippen molar-refractivity contribution in [2.75, 3.05) is 25.0 Å². The van der Waals surface area contributed by atoms with Crippen LogP contribution in [0.4, 0.5) is 14.6 Å². The minimum Gasteiger partial charge on any atom is -0.310 e. The van der Waals surface area contributed by atoms with Gasteiger partial charge in [0.25, 0.3) is 6.43 Å². The summed E-state index contributed by atoms with van der Waals surface area (Å²) < 4.78 is 26.4. The molecule has 27 heavy (non-hydrogen) atoms. The van der Waals surface area contributed by atoms with Crippen molar-refractivity contribution in [1.82, 2.24) is 19.7 Å². The van der Waals surface area contributed by atoms with E-state index in [2.05, 4.69) is 15.4 Å². The van der Waals surface area contributed by atoms with E-state index in [0.29, 0.717) is 18.9 Å². The molecule has 0 spiro atoms. The van der Waals surface area contributed by atoms with E-state index >= 15 is 0 Å². The highest BCUT2D eigenvalue weighted by Gasteiger charge is 2.33. The molecule has 0 atom stereocenters. The Morgan fingerprint density at radius 1 is 1.22 bits per heavy atom. The van der Waals surface area contributed by atoms with E-state index in [1.165, 1.54) is 0 Å². The maximum Gasteiger partial charge on any atom is 0.251 e. The fourth-order valence-electron chi connectivity index (χ4n) is 3.27. The number of nitrogens with zero attached hydrogens (tertiary/aromatic N) is 4. The van der Waals surface area contributed by atoms with Gasteiger partial charge in [-0.15, -0.1) is 0 Å². The molecule has 140 valence electrons. The first kappa shape index (κ1) is 17.5. The molecular weight excluding hydrogens is 352 g/mol. The van der Waals surface area contributed by atoms with Crippen LogP contribution in [-0.2, 0) is 11.8 Å². The number of amides is 1. The Morgan fingerprint density at radius 3 is 2.74 bits per heavy atom. The van der Waals surface area contributed by atoms with Crippen molar-refractivity contribution in [3.63, 3.8) is 0 Å². The van der Waals surface area contributed by atoms with Crippen molar-refractivity contribution in [2.45, 2.75) is 6.43 Å². The van der Waals surface area contributed by atoms with E-state index in [1.807, 2.05) is 37.5 Å². The van der Waals surface area contributed by atoms with Crippen LogP contribution in [-0.4, -0.2) is 51.6 Å². The monoisotopic (exact) mass is 371 g/mol. The summed E-state index contributed by atoms with van der Waals surface area (Å²) in [6.07, 6.45) is 3.08. The van der Waals surface area contributed by atoms with Gasteiger partial charge in [-0.05, 0) is 23.1 Å². The Bertz CT molecular complexity index is 981. The summed E-state index contributed by atoms with van der Waals surface area (Å²) in [6.45, 7) is 0.430. The second-order valence-electron chi connectivity index (χ2n) is 6.83. The van der Waals surface area contributed by atoms with Gasteiger partial charge < -0.3 is 5.32 Å². The molecule has 1 aromatic carbocycles. The van der Waals surface area contributed by atoms with Crippen LogP contribution in [0.1, 0.15) is 0 Å². The molecule has 1 fully saturated rings. The molecule has 0 aliphatic carbocycles. The summed E-state index contributed by atoms with van der Waals surface area (Å²) in [5.41, 5.74) is 2.04. The normalized spacial score (nSPS) is 15.3. The maximum absolute atomic E-state index is 12.3. The number of nitrogens with one attached hydrogen (secondary N) is 1. The number of carbonyl (C=O) groups excluding carboxylic acids is 1. The number of rotatable bonds is 5. The third-order valence-electron chi connectivity index (χ3n) is 4.74. The van der Waals surface area contributed by atoms with E-state index in [1.54, 1.807) is 22.0 Å². The lowest BCUT2D eigenvalue weighted by atomic mass is 9.99. The molecule has 1 saturated heterocycles. The molecule has 2 aromatic heterocycles. The summed E-state index contributed by atoms with van der Waals surface area (Å²) in [4.78, 5) is 18.1. The average Bonchev–Trinajstić information content (AvgIpc) is 3.03. The van der Waals surface area contributed by atoms with Gasteiger partial charge in [0.2, 0.25) is 5.91 Å². The van der Waals surface area contributed by atoms with Crippen LogP contribution in [0.3, 0.4) is 0 Å². The van der Waals surface area contributed by atoms with Crippen LogP contribution in [0.5, 0.6) is 0 Å². The number of carbonyl (C=O) groups is 1. The Hall–Kier alpha value is -2.87. The van der Waals surface area contributed by atoms with Gasteiger partial charge in [-0.3, -0.25) is 14.4 Å². The van der Waals surface area contributed by atoms with Gasteiger partial charge in [0, 0.05) is 43.5 Å². The largest absolute Gasteiger partial charge is 0.310 e. The predicted octanol–water partition coefficient (Wildman–Crippen LogP) is 2.77. The molecular formula is C19H19F2N5O. The number of fused-ring (bicyclic) bond motifs is 1. The van der Waals surface area contributed by atoms with Crippen molar-refractivity contribution in [2.24, 2.45) is 13.0 Å². The van der Waals surface area contributed by atoms with Crippen molar-refractivity contribution in [1.29, 1.82) is 0 Å². The quantitative estimate of drug-likeness (QED) is 0.749. The van der Waals surface area contributed by atoms with Gasteiger partial charge in [0.1, 0.15) is 5.82 Å². The molecule has 0 saturated carbocycles. The topological polar surface area (TPSA) is 63.1 Å². The number of halogens is 2. The molecule has 0 radical (unpaired) electrons. The Morgan fingerprint density at radius 2 is 2.04 bits per heavy atom. The molecule has 3 heterocycles. The number of anilines is 1. The molecule has 0 bridgehead atoms. The third kappa shape index (κ3) is 3.80. The highest BCUT2D eigenvalue weighted by Crippen LogP contribution is 2.26. The summed E-state index contributed by atoms with van der Waals surface area (Å²) in [6, 6.07) is 7.83. The number of likely N-dealkylation sites (tertiary alicyclic amines) is 1. The smallest absolute Gasteiger partial charge is 0.251 e. The summed E-state index contributed by atoms with van der Waals surface area (Å²) in [7, 11) is 1.87. The first-order chi connectivity index (χ1) is 13.0. The molecule has 1 amide bonds. The number of hydrogen-bond acceptors (Lipinski definition) is 4. The van der Waals surface area contributed by atoms with Crippen molar-refractivity contribution >= 4 is 22.5 Å². The molecule has 1 aliphatic rings. The number of hydrogen-bond donors (Lipinski definition) is 1. The SMILES string of the molecule is Cn1cc(-c2ccc3cnc(NC(=O)C4CN(CC(F)F)C4)cc3c2)cn1. The van der Waals surface area contributed by atoms with Crippen LogP contribution < -0.4 is 5.32 Å². The van der Waals surface area contributed by atoms with E-state index in [0.717, 1.165) is 21.9 Å². The van der Waals surface area contributed by atoms with E-state index in [9.17, 15) is 13.6 Å². The number of pyridine rings is 1. The lowest BCUT2D eigenvalue weighted by Gasteiger charge is -2.37. The Kier molecular flexibility index (Phi) is 4.57. The number of benzene rings is 1. The van der Waals surface area contributed by atoms with Gasteiger partial charge in [-0.2, -0.15) is 5.10 Å². The van der Waals surface area contributed by atoms with Gasteiger partial charge >= 0.3 is 0 Å². The first-order valence-corrected chi connectivity index (χ1v) is 8.68. The highest BCUT2D eigenvalue weighted by molar-refractivity contribution is 5.95. The standard InChI is InChI=1S/C19H19F2N5O/c1-25-8-15(7-23-25)12-2-3-13-6-22-18(5-14(13)4-12)24-19(27)16-9-26(10-16)11-17(20)21/h2-8,16-17H,9-11H2,1H3,(H,22,24,27). The van der Waals surface area contributed by atoms with Gasteiger partial charge in [0.15, 0.2) is 0 Å². The summed E-state index contributed by atoms with van der Waals surface area (Å²) >= 11 is 0. The molecule has 8 heteroatoms. The van der Waals surface area contributed by atoms with Gasteiger partial charge in [-0.1, -0.05) is 12.1 Å². The molecule has 4 rings (SSSR count).